The molecule has 0 saturated carbocycles. The molecule has 0 atom stereocenters. The van der Waals surface area contributed by atoms with Crippen LogP contribution >= 0.6 is 0 Å². The van der Waals surface area contributed by atoms with E-state index < -0.39 is 11.9 Å². The van der Waals surface area contributed by atoms with Crippen molar-refractivity contribution in [3.8, 4) is 0 Å². The van der Waals surface area contributed by atoms with E-state index in [1.54, 1.807) is 0 Å². The van der Waals surface area contributed by atoms with Gasteiger partial charge in [-0.15, -0.1) is 0 Å². The van der Waals surface area contributed by atoms with E-state index in [4.69, 9.17) is 4.42 Å². The number of carbonyl (C=O) groups is 2. The number of esters is 2. The molecule has 0 amide bonds. The van der Waals surface area contributed by atoms with Gasteiger partial charge in [-0.05, 0) is 0 Å². The summed E-state index contributed by atoms with van der Waals surface area (Å²) in [6.45, 7) is 0. The fourth-order valence-corrected chi connectivity index (χ4v) is 2.27. The van der Waals surface area contributed by atoms with E-state index in [-0.39, 0.29) is 11.1 Å². The van der Waals surface area contributed by atoms with Crippen molar-refractivity contribution < 1.29 is 18.7 Å². The first-order valence-electron chi connectivity index (χ1n) is 4.80. The molecule has 4 nitrogen and oxygen atoms in total. The summed E-state index contributed by atoms with van der Waals surface area (Å²) >= 11 is 0. The fraction of sp³-hybridized carbons (Fsp3) is 0. The Bertz CT molecular complexity index is 703. The third kappa shape index (κ3) is 0.661. The van der Waals surface area contributed by atoms with Crippen LogP contribution in [-0.4, -0.2) is 11.9 Å². The number of cyclic esters (lactones) is 2. The van der Waals surface area contributed by atoms with E-state index in [2.05, 4.69) is 4.74 Å². The molecule has 1 aliphatic heterocycles. The number of furan rings is 2. The van der Waals surface area contributed by atoms with E-state index in [0.717, 1.165) is 10.8 Å². The van der Waals surface area contributed by atoms with Gasteiger partial charge >= 0.3 is 11.9 Å². The van der Waals surface area contributed by atoms with Crippen LogP contribution in [0.15, 0.2) is 28.7 Å². The van der Waals surface area contributed by atoms with Gasteiger partial charge in [0.2, 0.25) is 0 Å². The first-order chi connectivity index (χ1) is 7.77. The number of carbonyl (C=O) groups excluding carboxylic acids is 2. The molecule has 0 radical (unpaired) electrons. The highest BCUT2D eigenvalue weighted by Gasteiger charge is 2.39. The minimum Gasteiger partial charge on any atom is -0.454 e. The van der Waals surface area contributed by atoms with Crippen molar-refractivity contribution in [1.82, 2.24) is 0 Å². The van der Waals surface area contributed by atoms with E-state index in [9.17, 15) is 9.59 Å². The molecule has 2 bridgehead atoms. The molecule has 3 aromatic rings. The maximum Gasteiger partial charge on any atom is 0.350 e. The summed E-state index contributed by atoms with van der Waals surface area (Å²) in [4.78, 5) is 22.9. The Morgan fingerprint density at radius 1 is 0.812 bits per heavy atom. The monoisotopic (exact) mass is 212 g/mol. The molecule has 76 valence electrons. The number of hydrogen-bond donors (Lipinski definition) is 0. The quantitative estimate of drug-likeness (QED) is 0.424. The van der Waals surface area contributed by atoms with Gasteiger partial charge < -0.3 is 9.15 Å². The predicted molar refractivity (Wildman–Crippen MR) is 54.7 cm³/mol. The molecule has 0 aliphatic carbocycles. The van der Waals surface area contributed by atoms with Crippen molar-refractivity contribution in [2.24, 2.45) is 0 Å². The van der Waals surface area contributed by atoms with E-state index in [1.807, 2.05) is 24.3 Å². The summed E-state index contributed by atoms with van der Waals surface area (Å²) in [7, 11) is 0. The average Bonchev–Trinajstić information content (AvgIpc) is 2.91. The zero-order valence-electron chi connectivity index (χ0n) is 7.94. The number of benzene rings is 2. The first-order valence-corrected chi connectivity index (χ1v) is 4.80. The molecule has 3 heterocycles. The highest BCUT2D eigenvalue weighted by atomic mass is 16.6. The first kappa shape index (κ1) is 7.87. The smallest absolute Gasteiger partial charge is 0.350 e. The van der Waals surface area contributed by atoms with Crippen LogP contribution in [-0.2, 0) is 4.74 Å². The Morgan fingerprint density at radius 3 is 1.81 bits per heavy atom. The maximum absolute atomic E-state index is 11.5. The summed E-state index contributed by atoms with van der Waals surface area (Å²) in [6.07, 6.45) is 0. The maximum atomic E-state index is 11.5. The highest BCUT2D eigenvalue weighted by Crippen LogP contribution is 2.41. The summed E-state index contributed by atoms with van der Waals surface area (Å²) in [5.41, 5.74) is 1.46. The minimum absolute atomic E-state index is 0.277. The molecule has 0 unspecified atom stereocenters. The van der Waals surface area contributed by atoms with Gasteiger partial charge in [0.05, 0.1) is 0 Å². The van der Waals surface area contributed by atoms with Gasteiger partial charge in [0.1, 0.15) is 11.1 Å². The Kier molecular flexibility index (Phi) is 1.10. The number of ether oxygens (including phenoxy) is 1. The number of fused-ring (bicyclic) bond motifs is 8. The lowest BCUT2D eigenvalue weighted by Crippen LogP contribution is -1.97. The third-order valence-electron chi connectivity index (χ3n) is 2.92. The Morgan fingerprint density at radius 2 is 1.31 bits per heavy atom. The van der Waals surface area contributed by atoms with E-state index in [0.29, 0.717) is 11.2 Å². The molecular weight excluding hydrogens is 208 g/mol. The van der Waals surface area contributed by atoms with Crippen LogP contribution in [0.4, 0.5) is 0 Å². The zero-order chi connectivity index (χ0) is 10.9. The molecule has 0 N–H and O–H groups in total. The second-order valence-electron chi connectivity index (χ2n) is 3.73. The van der Waals surface area contributed by atoms with Crippen molar-refractivity contribution >= 4 is 33.9 Å². The molecule has 4 rings (SSSR count). The lowest BCUT2D eigenvalue weighted by atomic mass is 10.0. The Balaban J connectivity index is 2.32. The lowest BCUT2D eigenvalue weighted by molar-refractivity contribution is 0.0443. The van der Waals surface area contributed by atoms with Crippen LogP contribution in [0.25, 0.3) is 21.9 Å². The van der Waals surface area contributed by atoms with Crippen LogP contribution in [0.1, 0.15) is 20.7 Å². The average molecular weight is 212 g/mol. The van der Waals surface area contributed by atoms with Gasteiger partial charge in [-0.1, -0.05) is 24.3 Å². The van der Waals surface area contributed by atoms with Gasteiger partial charge in [0.25, 0.3) is 0 Å². The van der Waals surface area contributed by atoms with Crippen LogP contribution in [0.3, 0.4) is 0 Å². The SMILES string of the molecule is O=C1OC(=O)c2c1c1oc2c2ccccc12. The molecule has 1 aromatic carbocycles. The summed E-state index contributed by atoms with van der Waals surface area (Å²) in [6, 6.07) is 7.44. The molecule has 0 spiro atoms. The zero-order valence-corrected chi connectivity index (χ0v) is 7.94. The van der Waals surface area contributed by atoms with Crippen molar-refractivity contribution in [2.45, 2.75) is 0 Å². The summed E-state index contributed by atoms with van der Waals surface area (Å²) in [5, 5.41) is 1.70. The van der Waals surface area contributed by atoms with Crippen molar-refractivity contribution in [1.29, 1.82) is 0 Å². The fourth-order valence-electron chi connectivity index (χ4n) is 2.27. The summed E-state index contributed by atoms with van der Waals surface area (Å²) < 4.78 is 10.1. The highest BCUT2D eigenvalue weighted by molar-refractivity contribution is 6.29. The Labute approximate surface area is 88.7 Å². The number of rotatable bonds is 0. The molecule has 0 saturated heterocycles. The Hall–Kier alpha value is -2.36. The van der Waals surface area contributed by atoms with Crippen molar-refractivity contribution in [3.63, 3.8) is 0 Å². The molecule has 1 aliphatic rings. The third-order valence-corrected chi connectivity index (χ3v) is 2.92. The van der Waals surface area contributed by atoms with Gasteiger partial charge in [0.15, 0.2) is 11.2 Å². The second kappa shape index (κ2) is 2.24. The van der Waals surface area contributed by atoms with E-state index >= 15 is 0 Å². The molecule has 16 heavy (non-hydrogen) atoms. The minimum atomic E-state index is -0.612. The van der Waals surface area contributed by atoms with Gasteiger partial charge in [-0.3, -0.25) is 0 Å². The van der Waals surface area contributed by atoms with Crippen molar-refractivity contribution in [2.75, 3.05) is 0 Å². The normalized spacial score (nSPS) is 15.0. The van der Waals surface area contributed by atoms with Crippen LogP contribution < -0.4 is 0 Å². The van der Waals surface area contributed by atoms with Gasteiger partial charge in [-0.25, -0.2) is 9.59 Å². The van der Waals surface area contributed by atoms with Gasteiger partial charge in [0, 0.05) is 10.8 Å². The topological polar surface area (TPSA) is 56.5 Å². The largest absolute Gasteiger partial charge is 0.454 e. The molecular formula is C12H4O4. The van der Waals surface area contributed by atoms with E-state index in [1.165, 1.54) is 0 Å². The van der Waals surface area contributed by atoms with Crippen LogP contribution in [0, 0.1) is 0 Å². The molecule has 2 aromatic heterocycles. The summed E-state index contributed by atoms with van der Waals surface area (Å²) in [5.74, 6) is -1.22. The standard InChI is InChI=1S/C12H4O4/c13-11-7-8(12(14)16-11)10-6-4-2-1-3-5(6)9(7)15-10/h1-4H. The molecule has 0 fully saturated rings. The van der Waals surface area contributed by atoms with Gasteiger partial charge in [-0.2, -0.15) is 0 Å². The van der Waals surface area contributed by atoms with Crippen LogP contribution in [0.2, 0.25) is 0 Å². The second-order valence-corrected chi connectivity index (χ2v) is 3.73. The van der Waals surface area contributed by atoms with Crippen molar-refractivity contribution in [3.05, 3.63) is 35.4 Å². The molecule has 4 heteroatoms. The number of hydrogen-bond acceptors (Lipinski definition) is 4. The predicted octanol–water partition coefficient (Wildman–Crippen LogP) is 2.33. The van der Waals surface area contributed by atoms with Crippen LogP contribution in [0.5, 0.6) is 0 Å². The lowest BCUT2D eigenvalue weighted by Gasteiger charge is -1.92.